The van der Waals surface area contributed by atoms with E-state index in [0.717, 1.165) is 51.4 Å². The highest BCUT2D eigenvalue weighted by Gasteiger charge is 2.22. The monoisotopic (exact) mass is 762 g/mol. The number of hydrogen-bond acceptors (Lipinski definition) is 7. The van der Waals surface area contributed by atoms with E-state index >= 15 is 0 Å². The molecule has 0 bridgehead atoms. The summed E-state index contributed by atoms with van der Waals surface area (Å²) < 4.78 is 26.2. The topological polar surface area (TPSA) is 140 Å². The zero-order chi connectivity index (χ0) is 39.1. The van der Waals surface area contributed by atoms with Crippen LogP contribution < -0.4 is 0 Å². The van der Waals surface area contributed by atoms with Crippen LogP contribution in [-0.4, -0.2) is 52.3 Å². The molecule has 0 aliphatic rings. The van der Waals surface area contributed by atoms with Crippen LogP contribution in [0.3, 0.4) is 0 Å². The van der Waals surface area contributed by atoms with Gasteiger partial charge in [0.25, 0.3) is 0 Å². The summed E-state index contributed by atoms with van der Waals surface area (Å²) in [6.07, 6.45) is 46.4. The first-order valence-corrected chi connectivity index (χ1v) is 21.5. The number of rotatable bonds is 35. The molecule has 9 nitrogen and oxygen atoms in total. The van der Waals surface area contributed by atoms with Gasteiger partial charge in [-0.1, -0.05) is 150 Å². The third-order valence-electron chi connectivity index (χ3n) is 7.99. The molecule has 0 fully saturated rings. The largest absolute Gasteiger partial charge is 0.469 e. The Morgan fingerprint density at radius 2 is 1.17 bits per heavy atom. The van der Waals surface area contributed by atoms with Crippen molar-refractivity contribution in [3.05, 3.63) is 85.1 Å². The van der Waals surface area contributed by atoms with Gasteiger partial charge in [-0.15, -0.1) is 0 Å². The molecule has 0 saturated carbocycles. The van der Waals surface area contributed by atoms with E-state index < -0.39 is 38.6 Å². The van der Waals surface area contributed by atoms with Crippen LogP contribution in [0.5, 0.6) is 0 Å². The van der Waals surface area contributed by atoms with Crippen LogP contribution >= 0.6 is 7.82 Å². The fourth-order valence-electron chi connectivity index (χ4n) is 5.01. The third-order valence-corrected chi connectivity index (χ3v) is 8.48. The number of ether oxygens (including phenoxy) is 2. The van der Waals surface area contributed by atoms with Crippen LogP contribution in [0, 0.1) is 0 Å². The molecule has 0 saturated heterocycles. The van der Waals surface area contributed by atoms with Gasteiger partial charge in [0.15, 0.2) is 6.10 Å². The maximum atomic E-state index is 12.4. The van der Waals surface area contributed by atoms with Gasteiger partial charge in [0, 0.05) is 12.8 Å². The lowest BCUT2D eigenvalue weighted by Gasteiger charge is -2.18. The van der Waals surface area contributed by atoms with Crippen LogP contribution in [0.4, 0.5) is 0 Å². The Kier molecular flexibility index (Phi) is 35.5. The Morgan fingerprint density at radius 1 is 0.604 bits per heavy atom. The summed E-state index contributed by atoms with van der Waals surface area (Å²) in [5.74, 6) is -1.02. The Bertz CT molecular complexity index is 1150. The highest BCUT2D eigenvalue weighted by Crippen LogP contribution is 2.36. The van der Waals surface area contributed by atoms with E-state index in [1.54, 1.807) is 6.08 Å². The van der Waals surface area contributed by atoms with Crippen molar-refractivity contribution in [2.45, 2.75) is 161 Å². The predicted molar refractivity (Wildman–Crippen MR) is 217 cm³/mol. The van der Waals surface area contributed by atoms with E-state index in [0.29, 0.717) is 19.3 Å². The summed E-state index contributed by atoms with van der Waals surface area (Å²) in [6.45, 7) is 3.38. The molecule has 0 rings (SSSR count). The van der Waals surface area contributed by atoms with Gasteiger partial charge in [-0.05, 0) is 70.6 Å². The minimum atomic E-state index is -4.78. The normalized spacial score (nSPS) is 14.0. The number of phosphoric acid groups is 1. The van der Waals surface area contributed by atoms with Crippen LogP contribution in [0.15, 0.2) is 85.1 Å². The molecule has 1 unspecified atom stereocenters. The van der Waals surface area contributed by atoms with E-state index in [-0.39, 0.29) is 19.4 Å². The molecular formula is C43H71O9P. The highest BCUT2D eigenvalue weighted by atomic mass is 31.2. The minimum absolute atomic E-state index is 0.121. The van der Waals surface area contributed by atoms with Gasteiger partial charge in [-0.2, -0.15) is 0 Å². The van der Waals surface area contributed by atoms with Gasteiger partial charge >= 0.3 is 19.8 Å². The number of hydrogen-bond donors (Lipinski definition) is 3. The maximum Gasteiger partial charge on any atom is 0.469 e. The number of carbonyl (C=O) groups is 2. The average Bonchev–Trinajstić information content (AvgIpc) is 3.12. The Labute approximate surface area is 321 Å². The second-order valence-electron chi connectivity index (χ2n) is 13.1. The third kappa shape index (κ3) is 40.2. The van der Waals surface area contributed by atoms with E-state index in [1.165, 1.54) is 51.4 Å². The van der Waals surface area contributed by atoms with Crippen molar-refractivity contribution >= 4 is 19.8 Å². The lowest BCUT2D eigenvalue weighted by Crippen LogP contribution is -2.29. The van der Waals surface area contributed by atoms with Crippen LogP contribution in [0.25, 0.3) is 0 Å². The van der Waals surface area contributed by atoms with Crippen molar-refractivity contribution in [3.8, 4) is 0 Å². The van der Waals surface area contributed by atoms with Gasteiger partial charge in [0.05, 0.1) is 12.7 Å². The van der Waals surface area contributed by atoms with Crippen molar-refractivity contribution in [3.63, 3.8) is 0 Å². The standard InChI is InChI=1S/C43H71O9P/c1-3-5-7-8-9-10-11-12-13-16-20-23-26-29-33-37-43(46)52-41(39-51-53(47,48)49)38-50-42(45)36-32-28-25-22-19-17-14-15-18-21-24-27-31-35-40(44)34-30-6-4-2/h6,10-11,15,17-19,24-25,27-28,30-31,35,40-41,44H,3-5,7-9,12-14,16,20-23,26,29,32-34,36-39H2,1-2H3,(H2,47,48,49)/b11-10-,18-15-,19-17-,27-24+,28-25-,30-6-,35-31+/t40?,41-/m1/s1. The Hall–Kier alpha value is -2.81. The molecule has 0 radical (unpaired) electrons. The number of esters is 2. The van der Waals surface area contributed by atoms with Crippen LogP contribution in [0.1, 0.15) is 149 Å². The first kappa shape index (κ1) is 50.2. The molecule has 0 spiro atoms. The number of aliphatic hydroxyl groups is 1. The van der Waals surface area contributed by atoms with E-state index in [1.807, 2.05) is 48.6 Å². The summed E-state index contributed by atoms with van der Waals surface area (Å²) >= 11 is 0. The first-order chi connectivity index (χ1) is 25.7. The second kappa shape index (κ2) is 37.5. The van der Waals surface area contributed by atoms with Crippen LogP contribution in [0.2, 0.25) is 0 Å². The van der Waals surface area contributed by atoms with Crippen molar-refractivity contribution in [1.82, 2.24) is 0 Å². The molecule has 0 amide bonds. The molecular weight excluding hydrogens is 691 g/mol. The fraction of sp³-hybridized carbons (Fsp3) is 0.628. The van der Waals surface area contributed by atoms with E-state index in [2.05, 4.69) is 48.8 Å². The van der Waals surface area contributed by atoms with Crippen LogP contribution in [-0.2, 0) is 28.2 Å². The van der Waals surface area contributed by atoms with Crippen molar-refractivity contribution in [1.29, 1.82) is 0 Å². The Balaban J connectivity index is 4.14. The summed E-state index contributed by atoms with van der Waals surface area (Å²) in [4.78, 5) is 42.7. The number of carbonyl (C=O) groups excluding carboxylic acids is 2. The lowest BCUT2D eigenvalue weighted by molar-refractivity contribution is -0.161. The first-order valence-electron chi connectivity index (χ1n) is 20.0. The maximum absolute atomic E-state index is 12.4. The summed E-state index contributed by atoms with van der Waals surface area (Å²) in [5, 5.41) is 9.81. The van der Waals surface area contributed by atoms with E-state index in [4.69, 9.17) is 19.3 Å². The molecule has 0 aromatic rings. The summed E-state index contributed by atoms with van der Waals surface area (Å²) in [6, 6.07) is 0. The molecule has 10 heteroatoms. The SMILES string of the molecule is CC/C=C\CC(O)/C=C/C=C/C/C=C\C/C=C\C/C=C\CCC(=O)OC[C@H](COP(=O)(O)O)OC(=O)CCCCCCCCC/C=C\CCCCCC. The minimum Gasteiger partial charge on any atom is -0.462 e. The average molecular weight is 763 g/mol. The van der Waals surface area contributed by atoms with E-state index in [9.17, 15) is 19.3 Å². The number of unbranched alkanes of at least 4 members (excludes halogenated alkanes) is 11. The highest BCUT2D eigenvalue weighted by molar-refractivity contribution is 7.46. The molecule has 302 valence electrons. The van der Waals surface area contributed by atoms with Crippen molar-refractivity contribution in [2.75, 3.05) is 13.2 Å². The molecule has 0 aliphatic carbocycles. The lowest BCUT2D eigenvalue weighted by atomic mass is 10.1. The molecule has 53 heavy (non-hydrogen) atoms. The molecule has 0 aromatic heterocycles. The molecule has 3 N–H and O–H groups in total. The second-order valence-corrected chi connectivity index (χ2v) is 14.3. The summed E-state index contributed by atoms with van der Waals surface area (Å²) in [5.41, 5.74) is 0. The predicted octanol–water partition coefficient (Wildman–Crippen LogP) is 11.0. The molecule has 0 aliphatic heterocycles. The Morgan fingerprint density at radius 3 is 1.79 bits per heavy atom. The van der Waals surface area contributed by atoms with Gasteiger partial charge in [0.1, 0.15) is 6.61 Å². The van der Waals surface area contributed by atoms with Gasteiger partial charge in [-0.25, -0.2) is 4.57 Å². The van der Waals surface area contributed by atoms with Gasteiger partial charge in [0.2, 0.25) is 0 Å². The number of allylic oxidation sites excluding steroid dienone is 12. The smallest absolute Gasteiger partial charge is 0.462 e. The zero-order valence-corrected chi connectivity index (χ0v) is 33.6. The summed E-state index contributed by atoms with van der Waals surface area (Å²) in [7, 11) is -4.78. The number of phosphoric ester groups is 1. The number of aliphatic hydroxyl groups excluding tert-OH is 1. The quantitative estimate of drug-likeness (QED) is 0.0189. The molecule has 2 atom stereocenters. The van der Waals surface area contributed by atoms with Gasteiger partial charge in [-0.3, -0.25) is 14.1 Å². The van der Waals surface area contributed by atoms with Gasteiger partial charge < -0.3 is 24.4 Å². The molecule has 0 aromatic carbocycles. The van der Waals surface area contributed by atoms with Crippen molar-refractivity contribution in [2.24, 2.45) is 0 Å². The molecule has 0 heterocycles. The fourth-order valence-corrected chi connectivity index (χ4v) is 5.37. The van der Waals surface area contributed by atoms with Crippen molar-refractivity contribution < 1.29 is 43.0 Å². The zero-order valence-electron chi connectivity index (χ0n) is 32.7.